The molecule has 1 aromatic rings. The van der Waals surface area contributed by atoms with E-state index in [4.69, 9.17) is 18.9 Å². The third-order valence-corrected chi connectivity index (χ3v) is 4.00. The normalized spacial score (nSPS) is 29.1. The largest absolute Gasteiger partial charge is 0.491 e. The first-order chi connectivity index (χ1) is 10.3. The fraction of sp³-hybridized carbons (Fsp3) is 0.625. The van der Waals surface area contributed by atoms with Gasteiger partial charge in [0.15, 0.2) is 0 Å². The fourth-order valence-corrected chi connectivity index (χ4v) is 2.54. The Morgan fingerprint density at radius 2 is 1.67 bits per heavy atom. The number of hydrogen-bond donors (Lipinski definition) is 0. The third kappa shape index (κ3) is 3.67. The Hall–Kier alpha value is -1.30. The SMILES string of the molecule is Cc1cc(OC[C@@H]2CO2)ccc1N(C[C@H]1CO1)C[C@H]1CO1. The molecule has 3 saturated heterocycles. The zero-order valence-electron chi connectivity index (χ0n) is 12.3. The Bertz CT molecular complexity index is 495. The second-order valence-electron chi connectivity index (χ2n) is 6.03. The lowest BCUT2D eigenvalue weighted by atomic mass is 10.1. The molecule has 0 radical (unpaired) electrons. The first-order valence-corrected chi connectivity index (χ1v) is 7.61. The first kappa shape index (κ1) is 13.4. The van der Waals surface area contributed by atoms with Crippen LogP contribution in [0.25, 0.3) is 0 Å². The van der Waals surface area contributed by atoms with Crippen LogP contribution in [0.2, 0.25) is 0 Å². The van der Waals surface area contributed by atoms with Gasteiger partial charge in [-0.3, -0.25) is 0 Å². The maximum Gasteiger partial charge on any atom is 0.119 e. The van der Waals surface area contributed by atoms with Crippen molar-refractivity contribution in [2.45, 2.75) is 25.2 Å². The molecule has 3 atom stereocenters. The van der Waals surface area contributed by atoms with Crippen molar-refractivity contribution in [1.29, 1.82) is 0 Å². The van der Waals surface area contributed by atoms with Gasteiger partial charge < -0.3 is 23.8 Å². The van der Waals surface area contributed by atoms with E-state index in [0.717, 1.165) is 38.7 Å². The zero-order chi connectivity index (χ0) is 14.2. The molecule has 4 rings (SSSR count). The smallest absolute Gasteiger partial charge is 0.119 e. The van der Waals surface area contributed by atoms with Crippen LogP contribution in [0, 0.1) is 6.92 Å². The Balaban J connectivity index is 1.44. The molecule has 0 N–H and O–H groups in total. The van der Waals surface area contributed by atoms with E-state index >= 15 is 0 Å². The van der Waals surface area contributed by atoms with Crippen LogP contribution in [0.3, 0.4) is 0 Å². The summed E-state index contributed by atoms with van der Waals surface area (Å²) in [5, 5.41) is 0. The van der Waals surface area contributed by atoms with E-state index in [9.17, 15) is 0 Å². The molecule has 3 heterocycles. The van der Waals surface area contributed by atoms with Crippen LogP contribution < -0.4 is 9.64 Å². The first-order valence-electron chi connectivity index (χ1n) is 7.61. The molecular weight excluding hydrogens is 270 g/mol. The Labute approximate surface area is 124 Å². The quantitative estimate of drug-likeness (QED) is 0.677. The molecule has 0 amide bonds. The van der Waals surface area contributed by atoms with E-state index in [1.54, 1.807) is 0 Å². The number of ether oxygens (including phenoxy) is 4. The molecule has 3 aliphatic rings. The lowest BCUT2D eigenvalue weighted by Gasteiger charge is -2.25. The molecule has 0 spiro atoms. The number of anilines is 1. The van der Waals surface area contributed by atoms with Crippen molar-refractivity contribution >= 4 is 5.69 Å². The highest BCUT2D eigenvalue weighted by Gasteiger charge is 2.31. The van der Waals surface area contributed by atoms with Gasteiger partial charge in [0.1, 0.15) is 18.5 Å². The molecule has 0 aromatic heterocycles. The van der Waals surface area contributed by atoms with Gasteiger partial charge in [-0.15, -0.1) is 0 Å². The molecule has 21 heavy (non-hydrogen) atoms. The van der Waals surface area contributed by atoms with Crippen molar-refractivity contribution in [3.8, 4) is 5.75 Å². The van der Waals surface area contributed by atoms with Gasteiger partial charge in [-0.2, -0.15) is 0 Å². The van der Waals surface area contributed by atoms with Crippen molar-refractivity contribution in [2.75, 3.05) is 44.4 Å². The predicted molar refractivity (Wildman–Crippen MR) is 78.1 cm³/mol. The number of rotatable bonds is 8. The summed E-state index contributed by atoms with van der Waals surface area (Å²) in [6, 6.07) is 6.29. The minimum atomic E-state index is 0.292. The van der Waals surface area contributed by atoms with Gasteiger partial charge in [-0.1, -0.05) is 0 Å². The van der Waals surface area contributed by atoms with Gasteiger partial charge in [-0.05, 0) is 30.7 Å². The number of aryl methyl sites for hydroxylation is 1. The molecular formula is C16H21NO4. The fourth-order valence-electron chi connectivity index (χ4n) is 2.54. The van der Waals surface area contributed by atoms with Gasteiger partial charge >= 0.3 is 0 Å². The second-order valence-corrected chi connectivity index (χ2v) is 6.03. The molecule has 0 aliphatic carbocycles. The summed E-state index contributed by atoms with van der Waals surface area (Å²) in [4.78, 5) is 2.37. The molecule has 0 bridgehead atoms. The topological polar surface area (TPSA) is 50.1 Å². The highest BCUT2D eigenvalue weighted by atomic mass is 16.6. The van der Waals surface area contributed by atoms with Gasteiger partial charge in [0, 0.05) is 18.8 Å². The minimum Gasteiger partial charge on any atom is -0.491 e. The lowest BCUT2D eigenvalue weighted by molar-refractivity contribution is 0.263. The van der Waals surface area contributed by atoms with Crippen molar-refractivity contribution in [2.24, 2.45) is 0 Å². The maximum absolute atomic E-state index is 5.74. The van der Waals surface area contributed by atoms with Gasteiger partial charge in [-0.25, -0.2) is 0 Å². The molecule has 0 unspecified atom stereocenters. The van der Waals surface area contributed by atoms with Crippen LogP contribution in [0.15, 0.2) is 18.2 Å². The van der Waals surface area contributed by atoms with Gasteiger partial charge in [0.25, 0.3) is 0 Å². The van der Waals surface area contributed by atoms with Crippen LogP contribution in [-0.2, 0) is 14.2 Å². The molecule has 3 fully saturated rings. The van der Waals surface area contributed by atoms with Crippen LogP contribution >= 0.6 is 0 Å². The average molecular weight is 291 g/mol. The van der Waals surface area contributed by atoms with E-state index in [2.05, 4.69) is 24.0 Å². The molecule has 114 valence electrons. The summed E-state index contributed by atoms with van der Waals surface area (Å²) in [6.07, 6.45) is 1.05. The van der Waals surface area contributed by atoms with Crippen molar-refractivity contribution in [3.63, 3.8) is 0 Å². The maximum atomic E-state index is 5.74. The predicted octanol–water partition coefficient (Wildman–Crippen LogP) is 1.38. The summed E-state index contributed by atoms with van der Waals surface area (Å²) in [7, 11) is 0. The monoisotopic (exact) mass is 291 g/mol. The van der Waals surface area contributed by atoms with E-state index in [1.807, 2.05) is 6.07 Å². The second kappa shape index (κ2) is 5.48. The van der Waals surface area contributed by atoms with E-state index < -0.39 is 0 Å². The van der Waals surface area contributed by atoms with Gasteiger partial charge in [0.05, 0.1) is 32.0 Å². The van der Waals surface area contributed by atoms with Crippen LogP contribution in [0.5, 0.6) is 5.75 Å². The summed E-state index contributed by atoms with van der Waals surface area (Å²) in [5.74, 6) is 0.914. The minimum absolute atomic E-state index is 0.292. The number of nitrogens with zero attached hydrogens (tertiary/aromatic N) is 1. The van der Waals surface area contributed by atoms with Crippen molar-refractivity contribution in [3.05, 3.63) is 23.8 Å². The summed E-state index contributed by atoms with van der Waals surface area (Å²) >= 11 is 0. The summed E-state index contributed by atoms with van der Waals surface area (Å²) in [6.45, 7) is 7.24. The van der Waals surface area contributed by atoms with Crippen LogP contribution in [0.4, 0.5) is 5.69 Å². The van der Waals surface area contributed by atoms with Crippen molar-refractivity contribution in [1.82, 2.24) is 0 Å². The Morgan fingerprint density at radius 1 is 1.05 bits per heavy atom. The summed E-state index contributed by atoms with van der Waals surface area (Å²) in [5.41, 5.74) is 2.47. The van der Waals surface area contributed by atoms with E-state index in [1.165, 1.54) is 11.3 Å². The zero-order valence-corrected chi connectivity index (χ0v) is 12.3. The van der Waals surface area contributed by atoms with Crippen LogP contribution in [-0.4, -0.2) is 57.8 Å². The van der Waals surface area contributed by atoms with E-state index in [-0.39, 0.29) is 0 Å². The molecule has 0 saturated carbocycles. The van der Waals surface area contributed by atoms with Gasteiger partial charge in [0.2, 0.25) is 0 Å². The molecule has 5 heteroatoms. The third-order valence-electron chi connectivity index (χ3n) is 4.00. The Kier molecular flexibility index (Phi) is 3.49. The average Bonchev–Trinajstić information content (AvgIpc) is 3.33. The highest BCUT2D eigenvalue weighted by molar-refractivity contribution is 5.56. The highest BCUT2D eigenvalue weighted by Crippen LogP contribution is 2.28. The lowest BCUT2D eigenvalue weighted by Crippen LogP contribution is -2.32. The Morgan fingerprint density at radius 3 is 2.19 bits per heavy atom. The number of epoxide rings is 3. The van der Waals surface area contributed by atoms with Crippen molar-refractivity contribution < 1.29 is 18.9 Å². The summed E-state index contributed by atoms with van der Waals surface area (Å²) < 4.78 is 21.7. The molecule has 5 nitrogen and oxygen atoms in total. The number of hydrogen-bond acceptors (Lipinski definition) is 5. The van der Waals surface area contributed by atoms with E-state index in [0.29, 0.717) is 24.9 Å². The van der Waals surface area contributed by atoms with Crippen LogP contribution in [0.1, 0.15) is 5.56 Å². The molecule has 1 aromatic carbocycles. The standard InChI is InChI=1S/C16H21NO4/c1-11-4-12(18-9-15-10-21-15)2-3-16(11)17(5-13-7-19-13)6-14-8-20-14/h2-4,13-15H,5-10H2,1H3/t13-,14-,15+/m0/s1. The molecule has 3 aliphatic heterocycles. The number of benzene rings is 1.